The first-order valence-corrected chi connectivity index (χ1v) is 26.1. The summed E-state index contributed by atoms with van der Waals surface area (Å²) in [7, 11) is 0. The molecule has 6 heteroatoms. The zero-order chi connectivity index (χ0) is 45.8. The number of esters is 3. The van der Waals surface area contributed by atoms with Crippen LogP contribution in [-0.4, -0.2) is 37.2 Å². The topological polar surface area (TPSA) is 78.9 Å². The summed E-state index contributed by atoms with van der Waals surface area (Å²) in [5.74, 6) is -0.973. The van der Waals surface area contributed by atoms with Gasteiger partial charge in [0.25, 0.3) is 0 Å². The van der Waals surface area contributed by atoms with E-state index in [-0.39, 0.29) is 37.5 Å². The predicted molar refractivity (Wildman–Crippen MR) is 270 cm³/mol. The second-order valence-corrected chi connectivity index (χ2v) is 17.1. The van der Waals surface area contributed by atoms with Crippen molar-refractivity contribution in [2.75, 3.05) is 13.2 Å². The molecule has 0 fully saturated rings. The van der Waals surface area contributed by atoms with Crippen molar-refractivity contribution in [2.45, 2.75) is 245 Å². The largest absolute Gasteiger partial charge is 0.462 e. The molecule has 0 aliphatic heterocycles. The number of ether oxygens (including phenoxy) is 3. The Hall–Kier alpha value is -3.41. The van der Waals surface area contributed by atoms with Crippen LogP contribution in [0.3, 0.4) is 0 Å². The minimum absolute atomic E-state index is 0.0987. The molecular formula is C57H96O6. The predicted octanol–water partition coefficient (Wildman–Crippen LogP) is 17.2. The van der Waals surface area contributed by atoms with E-state index in [1.54, 1.807) is 0 Å². The van der Waals surface area contributed by atoms with Gasteiger partial charge in [-0.2, -0.15) is 0 Å². The molecular weight excluding hydrogens is 781 g/mol. The molecule has 0 aliphatic carbocycles. The van der Waals surface area contributed by atoms with Crippen LogP contribution in [0.1, 0.15) is 239 Å². The van der Waals surface area contributed by atoms with Gasteiger partial charge in [0.1, 0.15) is 13.2 Å². The van der Waals surface area contributed by atoms with Gasteiger partial charge in [-0.15, -0.1) is 0 Å². The van der Waals surface area contributed by atoms with E-state index in [2.05, 4.69) is 106 Å². The van der Waals surface area contributed by atoms with Crippen LogP contribution in [0.4, 0.5) is 0 Å². The van der Waals surface area contributed by atoms with Gasteiger partial charge in [0.2, 0.25) is 0 Å². The van der Waals surface area contributed by atoms with E-state index in [1.807, 2.05) is 0 Å². The third kappa shape index (κ3) is 49.5. The quantitative estimate of drug-likeness (QED) is 0.0262. The summed E-state index contributed by atoms with van der Waals surface area (Å²) < 4.78 is 16.7. The molecule has 0 aromatic rings. The highest BCUT2D eigenvalue weighted by atomic mass is 16.6. The van der Waals surface area contributed by atoms with E-state index in [0.29, 0.717) is 19.3 Å². The lowest BCUT2D eigenvalue weighted by Gasteiger charge is -2.18. The lowest BCUT2D eigenvalue weighted by Crippen LogP contribution is -2.30. The fourth-order valence-electron chi connectivity index (χ4n) is 6.96. The van der Waals surface area contributed by atoms with Crippen LogP contribution >= 0.6 is 0 Å². The minimum atomic E-state index is -0.805. The van der Waals surface area contributed by atoms with Crippen LogP contribution in [-0.2, 0) is 28.6 Å². The standard InChI is InChI=1S/C57H96O6/c1-4-7-10-13-16-19-22-25-28-29-30-33-35-38-41-44-47-50-56(59)62-53-54(63-57(60)51-48-45-42-39-36-32-27-24-21-18-15-12-9-6-3)52-61-55(58)49-46-43-40-37-34-31-26-23-20-17-14-11-8-5-2/h7,10,15-16,18-19,24-25,27-28,30,33,38,41,54H,4-6,8-9,11-14,17,20-23,26,29,31-32,34-37,39-40,42-53H2,1-3H3/b10-7+,18-15+,19-16+,27-24+,28-25+,33-30+,41-38+/t54-/m1/s1. The molecule has 0 saturated carbocycles. The normalized spacial score (nSPS) is 12.7. The summed E-state index contributed by atoms with van der Waals surface area (Å²) in [6, 6.07) is 0. The molecule has 1 atom stereocenters. The summed E-state index contributed by atoms with van der Waals surface area (Å²) >= 11 is 0. The third-order valence-corrected chi connectivity index (χ3v) is 10.9. The average Bonchev–Trinajstić information content (AvgIpc) is 3.28. The van der Waals surface area contributed by atoms with Crippen molar-refractivity contribution in [2.24, 2.45) is 0 Å². The first-order valence-electron chi connectivity index (χ1n) is 26.1. The smallest absolute Gasteiger partial charge is 0.306 e. The summed E-state index contributed by atoms with van der Waals surface area (Å²) in [6.07, 6.45) is 65.7. The summed E-state index contributed by atoms with van der Waals surface area (Å²) in [4.78, 5) is 38.0. The van der Waals surface area contributed by atoms with Gasteiger partial charge in [-0.05, 0) is 83.5 Å². The number of hydrogen-bond donors (Lipinski definition) is 0. The van der Waals surface area contributed by atoms with E-state index in [4.69, 9.17) is 14.2 Å². The molecule has 0 bridgehead atoms. The van der Waals surface area contributed by atoms with Gasteiger partial charge in [-0.25, -0.2) is 0 Å². The first-order chi connectivity index (χ1) is 31.0. The number of unbranched alkanes of at least 4 members (excludes halogenated alkanes) is 21. The van der Waals surface area contributed by atoms with Gasteiger partial charge in [0.15, 0.2) is 6.10 Å². The summed E-state index contributed by atoms with van der Waals surface area (Å²) in [6.45, 7) is 6.42. The maximum Gasteiger partial charge on any atom is 0.306 e. The van der Waals surface area contributed by atoms with E-state index >= 15 is 0 Å². The van der Waals surface area contributed by atoms with E-state index < -0.39 is 6.10 Å². The first kappa shape index (κ1) is 59.6. The van der Waals surface area contributed by atoms with Crippen LogP contribution in [0, 0.1) is 0 Å². The zero-order valence-electron chi connectivity index (χ0n) is 41.1. The highest BCUT2D eigenvalue weighted by molar-refractivity contribution is 5.71. The molecule has 0 radical (unpaired) electrons. The van der Waals surface area contributed by atoms with Crippen LogP contribution in [0.15, 0.2) is 85.1 Å². The SMILES string of the molecule is CC/C=C/C/C=C/C/C=C/C/C=C/C/C=C/CCCC(=O)OC[C@@H](COC(=O)CCCCCCCCCCCCCCCC)OC(=O)CCCCCCC/C=C/C/C=C/CCCC. The van der Waals surface area contributed by atoms with Crippen molar-refractivity contribution in [3.05, 3.63) is 85.1 Å². The van der Waals surface area contributed by atoms with E-state index in [9.17, 15) is 14.4 Å². The molecule has 0 N–H and O–H groups in total. The van der Waals surface area contributed by atoms with Crippen LogP contribution in [0.25, 0.3) is 0 Å². The Labute approximate surface area is 388 Å². The maximum absolute atomic E-state index is 12.8. The Morgan fingerprint density at radius 1 is 0.333 bits per heavy atom. The van der Waals surface area contributed by atoms with Crippen molar-refractivity contribution in [3.8, 4) is 0 Å². The summed E-state index contributed by atoms with van der Waals surface area (Å²) in [5.41, 5.74) is 0. The van der Waals surface area contributed by atoms with Crippen LogP contribution in [0.5, 0.6) is 0 Å². The van der Waals surface area contributed by atoms with Gasteiger partial charge in [-0.3, -0.25) is 14.4 Å². The van der Waals surface area contributed by atoms with Gasteiger partial charge in [-0.1, -0.05) is 221 Å². The van der Waals surface area contributed by atoms with Crippen molar-refractivity contribution in [3.63, 3.8) is 0 Å². The second kappa shape index (κ2) is 51.2. The molecule has 63 heavy (non-hydrogen) atoms. The van der Waals surface area contributed by atoms with Crippen LogP contribution < -0.4 is 0 Å². The van der Waals surface area contributed by atoms with Crippen molar-refractivity contribution in [1.29, 1.82) is 0 Å². The third-order valence-electron chi connectivity index (χ3n) is 10.9. The Bertz CT molecular complexity index is 1240. The molecule has 0 aliphatic rings. The monoisotopic (exact) mass is 877 g/mol. The van der Waals surface area contributed by atoms with Crippen molar-refractivity contribution < 1.29 is 28.6 Å². The fourth-order valence-corrected chi connectivity index (χ4v) is 6.96. The number of carbonyl (C=O) groups excluding carboxylic acids is 3. The van der Waals surface area contributed by atoms with Gasteiger partial charge >= 0.3 is 17.9 Å². The summed E-state index contributed by atoms with van der Waals surface area (Å²) in [5, 5.41) is 0. The Morgan fingerprint density at radius 3 is 1.08 bits per heavy atom. The van der Waals surface area contributed by atoms with Gasteiger partial charge in [0, 0.05) is 19.3 Å². The average molecular weight is 877 g/mol. The zero-order valence-corrected chi connectivity index (χ0v) is 41.1. The van der Waals surface area contributed by atoms with Gasteiger partial charge < -0.3 is 14.2 Å². The molecule has 0 unspecified atom stereocenters. The molecule has 0 heterocycles. The highest BCUT2D eigenvalue weighted by Crippen LogP contribution is 2.15. The van der Waals surface area contributed by atoms with E-state index in [1.165, 1.54) is 89.9 Å². The molecule has 6 nitrogen and oxygen atoms in total. The van der Waals surface area contributed by atoms with Gasteiger partial charge in [0.05, 0.1) is 0 Å². The lowest BCUT2D eigenvalue weighted by atomic mass is 10.0. The van der Waals surface area contributed by atoms with Crippen LogP contribution in [0.2, 0.25) is 0 Å². The minimum Gasteiger partial charge on any atom is -0.462 e. The molecule has 0 aromatic carbocycles. The molecule has 0 aromatic heterocycles. The van der Waals surface area contributed by atoms with Crippen molar-refractivity contribution >= 4 is 17.9 Å². The number of carbonyl (C=O) groups is 3. The maximum atomic E-state index is 12.8. The molecule has 0 spiro atoms. The number of allylic oxidation sites excluding steroid dienone is 14. The second-order valence-electron chi connectivity index (χ2n) is 17.1. The highest BCUT2D eigenvalue weighted by Gasteiger charge is 2.19. The molecule has 0 rings (SSSR count). The Kier molecular flexibility index (Phi) is 48.5. The Balaban J connectivity index is 4.49. The molecule has 0 amide bonds. The molecule has 360 valence electrons. The lowest BCUT2D eigenvalue weighted by molar-refractivity contribution is -0.167. The van der Waals surface area contributed by atoms with E-state index in [0.717, 1.165) is 103 Å². The molecule has 0 saturated heterocycles. The fraction of sp³-hybridized carbons (Fsp3) is 0.702. The number of hydrogen-bond acceptors (Lipinski definition) is 6. The Morgan fingerprint density at radius 2 is 0.651 bits per heavy atom. The number of rotatable bonds is 46. The van der Waals surface area contributed by atoms with Crippen molar-refractivity contribution in [1.82, 2.24) is 0 Å².